The van der Waals surface area contributed by atoms with Crippen LogP contribution in [0.25, 0.3) is 0 Å². The molecule has 0 fully saturated rings. The zero-order valence-corrected chi connectivity index (χ0v) is 11.6. The topological polar surface area (TPSA) is 83.1 Å². The van der Waals surface area contributed by atoms with Crippen LogP contribution in [0.4, 0.5) is 0 Å². The van der Waals surface area contributed by atoms with Crippen LogP contribution in [-0.4, -0.2) is 40.7 Å². The summed E-state index contributed by atoms with van der Waals surface area (Å²) in [6, 6.07) is 10.7. The Morgan fingerprint density at radius 2 is 2.19 bits per heavy atom. The Morgan fingerprint density at radius 3 is 2.86 bits per heavy atom. The molecule has 0 unspecified atom stereocenters. The molecule has 0 amide bonds. The molecule has 2 rings (SSSR count). The summed E-state index contributed by atoms with van der Waals surface area (Å²) in [5.41, 5.74) is 0.586. The lowest BCUT2D eigenvalue weighted by molar-refractivity contribution is 0.106. The molecule has 1 heterocycles. The average Bonchev–Trinajstić information content (AvgIpc) is 3.03. The smallest absolute Gasteiger partial charge is 0.119 e. The molecule has 0 spiro atoms. The van der Waals surface area contributed by atoms with Crippen LogP contribution in [0, 0.1) is 11.3 Å². The minimum Gasteiger partial charge on any atom is -0.491 e. The van der Waals surface area contributed by atoms with Crippen molar-refractivity contribution in [1.82, 2.24) is 15.1 Å². The fraction of sp³-hybridized carbons (Fsp3) is 0.333. The molecule has 0 saturated carbocycles. The Hall–Kier alpha value is -2.36. The van der Waals surface area contributed by atoms with Crippen molar-refractivity contribution in [3.05, 3.63) is 48.3 Å². The van der Waals surface area contributed by atoms with Crippen LogP contribution in [0.1, 0.15) is 5.56 Å². The molecule has 2 N–H and O–H groups in total. The van der Waals surface area contributed by atoms with Crippen LogP contribution in [-0.2, 0) is 6.54 Å². The highest BCUT2D eigenvalue weighted by Crippen LogP contribution is 2.11. The zero-order valence-electron chi connectivity index (χ0n) is 11.6. The normalized spacial score (nSPS) is 11.8. The van der Waals surface area contributed by atoms with Crippen LogP contribution in [0.15, 0.2) is 42.7 Å². The van der Waals surface area contributed by atoms with E-state index >= 15 is 0 Å². The summed E-state index contributed by atoms with van der Waals surface area (Å²) < 4.78 is 7.28. The van der Waals surface area contributed by atoms with Crippen molar-refractivity contribution in [1.29, 1.82) is 5.26 Å². The molecule has 21 heavy (non-hydrogen) atoms. The second-order valence-electron chi connectivity index (χ2n) is 4.57. The molecule has 0 radical (unpaired) electrons. The standard InChI is InChI=1S/C15H18N4O2/c16-10-13-2-4-15(5-3-13)21-12-14(20)11-17-7-9-19-8-1-6-18-19/h1-6,8,14,17,20H,7,9,11-12H2/t14-/m0/s1. The fourth-order valence-electron chi connectivity index (χ4n) is 1.77. The van der Waals surface area contributed by atoms with E-state index in [-0.39, 0.29) is 6.61 Å². The number of aliphatic hydroxyl groups is 1. The van der Waals surface area contributed by atoms with Crippen molar-refractivity contribution in [2.75, 3.05) is 19.7 Å². The van der Waals surface area contributed by atoms with E-state index < -0.39 is 6.10 Å². The Bertz CT molecular complexity index is 560. The van der Waals surface area contributed by atoms with Crippen LogP contribution in [0.3, 0.4) is 0 Å². The summed E-state index contributed by atoms with van der Waals surface area (Å²) in [7, 11) is 0. The maximum absolute atomic E-state index is 9.81. The fourth-order valence-corrected chi connectivity index (χ4v) is 1.77. The van der Waals surface area contributed by atoms with Gasteiger partial charge in [0.25, 0.3) is 0 Å². The molecular formula is C15H18N4O2. The first-order valence-electron chi connectivity index (χ1n) is 6.77. The van der Waals surface area contributed by atoms with Crippen molar-refractivity contribution in [3.63, 3.8) is 0 Å². The summed E-state index contributed by atoms with van der Waals surface area (Å²) in [5.74, 6) is 0.643. The Kier molecular flexibility index (Phi) is 5.76. The van der Waals surface area contributed by atoms with E-state index in [1.54, 1.807) is 30.5 Å². The second kappa shape index (κ2) is 8.04. The van der Waals surface area contributed by atoms with Gasteiger partial charge in [0.05, 0.1) is 18.2 Å². The Labute approximate surface area is 123 Å². The minimum absolute atomic E-state index is 0.209. The van der Waals surface area contributed by atoms with Gasteiger partial charge in [0.2, 0.25) is 0 Å². The number of nitriles is 1. The van der Waals surface area contributed by atoms with E-state index in [1.807, 2.05) is 23.0 Å². The van der Waals surface area contributed by atoms with Crippen molar-refractivity contribution in [2.24, 2.45) is 0 Å². The van der Waals surface area contributed by atoms with Crippen LogP contribution >= 0.6 is 0 Å². The lowest BCUT2D eigenvalue weighted by Crippen LogP contribution is -2.33. The molecule has 1 atom stereocenters. The summed E-state index contributed by atoms with van der Waals surface area (Å²) >= 11 is 0. The first-order valence-corrected chi connectivity index (χ1v) is 6.77. The van der Waals surface area contributed by atoms with Crippen LogP contribution in [0.5, 0.6) is 5.75 Å². The lowest BCUT2D eigenvalue weighted by Gasteiger charge is -2.13. The molecule has 6 heteroatoms. The average molecular weight is 286 g/mol. The van der Waals surface area contributed by atoms with E-state index in [4.69, 9.17) is 10.00 Å². The third-order valence-corrected chi connectivity index (χ3v) is 2.88. The van der Waals surface area contributed by atoms with E-state index in [9.17, 15) is 5.11 Å². The molecule has 0 aliphatic rings. The minimum atomic E-state index is -0.585. The second-order valence-corrected chi connectivity index (χ2v) is 4.57. The zero-order chi connectivity index (χ0) is 14.9. The first kappa shape index (κ1) is 15.0. The number of aliphatic hydroxyl groups excluding tert-OH is 1. The number of nitrogens with zero attached hydrogens (tertiary/aromatic N) is 3. The molecule has 2 aromatic rings. The van der Waals surface area contributed by atoms with E-state index in [2.05, 4.69) is 10.4 Å². The number of nitrogens with one attached hydrogen (secondary N) is 1. The first-order chi connectivity index (χ1) is 10.3. The number of hydrogen-bond acceptors (Lipinski definition) is 5. The van der Waals surface area contributed by atoms with Gasteiger partial charge in [-0.2, -0.15) is 10.4 Å². The van der Waals surface area contributed by atoms with Gasteiger partial charge in [-0.1, -0.05) is 0 Å². The van der Waals surface area contributed by atoms with Crippen molar-refractivity contribution in [3.8, 4) is 11.8 Å². The summed E-state index contributed by atoms with van der Waals surface area (Å²) in [5, 5.41) is 25.7. The SMILES string of the molecule is N#Cc1ccc(OC[C@@H](O)CNCCn2cccn2)cc1. The van der Waals surface area contributed by atoms with Gasteiger partial charge in [-0.15, -0.1) is 0 Å². The van der Waals surface area contributed by atoms with Gasteiger partial charge in [0, 0.05) is 25.5 Å². The lowest BCUT2D eigenvalue weighted by atomic mass is 10.2. The van der Waals surface area contributed by atoms with Crippen LogP contribution < -0.4 is 10.1 Å². The quantitative estimate of drug-likeness (QED) is 0.701. The third kappa shape index (κ3) is 5.26. The van der Waals surface area contributed by atoms with Gasteiger partial charge >= 0.3 is 0 Å². The predicted molar refractivity (Wildman–Crippen MR) is 77.8 cm³/mol. The van der Waals surface area contributed by atoms with Gasteiger partial charge in [0.15, 0.2) is 0 Å². The largest absolute Gasteiger partial charge is 0.491 e. The third-order valence-electron chi connectivity index (χ3n) is 2.88. The Balaban J connectivity index is 1.60. The highest BCUT2D eigenvalue weighted by molar-refractivity contribution is 5.34. The molecule has 1 aromatic carbocycles. The van der Waals surface area contributed by atoms with Gasteiger partial charge in [-0.05, 0) is 30.3 Å². The number of rotatable bonds is 8. The van der Waals surface area contributed by atoms with Crippen LogP contribution in [0.2, 0.25) is 0 Å². The van der Waals surface area contributed by atoms with Crippen molar-refractivity contribution >= 4 is 0 Å². The summed E-state index contributed by atoms with van der Waals surface area (Å²) in [6.45, 7) is 2.16. The Morgan fingerprint density at radius 1 is 1.38 bits per heavy atom. The van der Waals surface area contributed by atoms with E-state index in [0.29, 0.717) is 17.9 Å². The van der Waals surface area contributed by atoms with Crippen molar-refractivity contribution < 1.29 is 9.84 Å². The summed E-state index contributed by atoms with van der Waals surface area (Å²) in [4.78, 5) is 0. The van der Waals surface area contributed by atoms with Gasteiger partial charge in [0.1, 0.15) is 18.5 Å². The number of aromatic nitrogens is 2. The molecule has 6 nitrogen and oxygen atoms in total. The molecule has 0 aliphatic heterocycles. The molecule has 110 valence electrons. The highest BCUT2D eigenvalue weighted by atomic mass is 16.5. The van der Waals surface area contributed by atoms with E-state index in [0.717, 1.165) is 13.1 Å². The number of ether oxygens (including phenoxy) is 1. The monoisotopic (exact) mass is 286 g/mol. The maximum atomic E-state index is 9.81. The van der Waals surface area contributed by atoms with Gasteiger partial charge in [-0.25, -0.2) is 0 Å². The number of hydrogen-bond donors (Lipinski definition) is 2. The van der Waals surface area contributed by atoms with E-state index in [1.165, 1.54) is 0 Å². The van der Waals surface area contributed by atoms with Gasteiger partial charge < -0.3 is 15.2 Å². The number of benzene rings is 1. The molecular weight excluding hydrogens is 268 g/mol. The predicted octanol–water partition coefficient (Wildman–Crippen LogP) is 0.784. The summed E-state index contributed by atoms with van der Waals surface area (Å²) in [6.07, 6.45) is 3.05. The van der Waals surface area contributed by atoms with Crippen molar-refractivity contribution in [2.45, 2.75) is 12.6 Å². The molecule has 0 aliphatic carbocycles. The van der Waals surface area contributed by atoms with Gasteiger partial charge in [-0.3, -0.25) is 4.68 Å². The molecule has 0 saturated heterocycles. The molecule has 0 bridgehead atoms. The highest BCUT2D eigenvalue weighted by Gasteiger charge is 2.05. The molecule has 1 aromatic heterocycles. The maximum Gasteiger partial charge on any atom is 0.119 e.